The number of unbranched alkanes of at least 4 members (excludes halogenated alkanes) is 1. The second kappa shape index (κ2) is 11.8. The quantitative estimate of drug-likeness (QED) is 0.697. The van der Waals surface area contributed by atoms with Gasteiger partial charge in [0.2, 0.25) is 5.67 Å². The van der Waals surface area contributed by atoms with Gasteiger partial charge < -0.3 is 9.84 Å². The van der Waals surface area contributed by atoms with Crippen LogP contribution in [0, 0.1) is 0 Å². The van der Waals surface area contributed by atoms with Crippen molar-refractivity contribution in [2.45, 2.75) is 45.2 Å². The lowest BCUT2D eigenvalue weighted by Gasteiger charge is -2.17. The Balaban J connectivity index is 0. The Morgan fingerprint density at radius 1 is 1.26 bits per heavy atom. The molecule has 0 aromatic rings. The van der Waals surface area contributed by atoms with Crippen LogP contribution in [0.25, 0.3) is 0 Å². The molecular formula is C12H21F3O4. The fourth-order valence-electron chi connectivity index (χ4n) is 1.08. The highest BCUT2D eigenvalue weighted by atomic mass is 19.1. The van der Waals surface area contributed by atoms with Crippen molar-refractivity contribution in [2.24, 2.45) is 0 Å². The number of aliphatic carboxylic acids is 1. The van der Waals surface area contributed by atoms with E-state index in [0.29, 0.717) is 6.42 Å². The summed E-state index contributed by atoms with van der Waals surface area (Å²) in [6, 6.07) is 0. The Labute approximate surface area is 110 Å². The smallest absolute Gasteiger partial charge is 0.341 e. The highest BCUT2D eigenvalue weighted by molar-refractivity contribution is 5.77. The monoisotopic (exact) mass is 286 g/mol. The second-order valence-electron chi connectivity index (χ2n) is 3.77. The molecule has 0 bridgehead atoms. The Kier molecular flexibility index (Phi) is 12.5. The molecule has 0 aromatic heterocycles. The number of hydrogen-bond acceptors (Lipinski definition) is 3. The van der Waals surface area contributed by atoms with E-state index in [1.807, 2.05) is 6.92 Å². The van der Waals surface area contributed by atoms with Gasteiger partial charge in [-0.3, -0.25) is 0 Å². The fraction of sp³-hybridized carbons (Fsp3) is 0.833. The van der Waals surface area contributed by atoms with Crippen LogP contribution in [0.3, 0.4) is 0 Å². The topological polar surface area (TPSA) is 63.6 Å². The second-order valence-corrected chi connectivity index (χ2v) is 3.77. The minimum atomic E-state index is -1.99. The summed E-state index contributed by atoms with van der Waals surface area (Å²) in [6.45, 7) is 1.19. The maximum Gasteiger partial charge on any atom is 0.341 e. The Hall–Kier alpha value is -1.27. The number of esters is 1. The standard InChI is InChI=1S/C8H15FO2.C4H6F2O2/c1-3-5-6-8(9,4-2)7(10)11;5-1-2-8-4(7)3-6/h3-6H2,1-2H3,(H,10,11);1-3H2. The molecular weight excluding hydrogens is 265 g/mol. The third kappa shape index (κ3) is 10.3. The molecule has 0 spiro atoms. The summed E-state index contributed by atoms with van der Waals surface area (Å²) in [6.07, 6.45) is 1.66. The zero-order valence-electron chi connectivity index (χ0n) is 11.3. The van der Waals surface area contributed by atoms with Crippen LogP contribution >= 0.6 is 0 Å². The van der Waals surface area contributed by atoms with Crippen molar-refractivity contribution in [1.82, 2.24) is 0 Å². The highest BCUT2D eigenvalue weighted by Crippen LogP contribution is 2.23. The Morgan fingerprint density at radius 2 is 1.84 bits per heavy atom. The van der Waals surface area contributed by atoms with E-state index in [4.69, 9.17) is 5.11 Å². The van der Waals surface area contributed by atoms with Gasteiger partial charge in [-0.15, -0.1) is 0 Å². The lowest BCUT2D eigenvalue weighted by atomic mass is 9.96. The molecule has 1 N–H and O–H groups in total. The summed E-state index contributed by atoms with van der Waals surface area (Å²) >= 11 is 0. The van der Waals surface area contributed by atoms with Crippen LogP contribution in [0.4, 0.5) is 13.2 Å². The summed E-state index contributed by atoms with van der Waals surface area (Å²) in [5.41, 5.74) is -1.99. The molecule has 0 rings (SSSR count). The van der Waals surface area contributed by atoms with E-state index in [1.165, 1.54) is 0 Å². The first-order chi connectivity index (χ1) is 8.87. The van der Waals surface area contributed by atoms with Gasteiger partial charge in [0, 0.05) is 0 Å². The van der Waals surface area contributed by atoms with Crippen molar-refractivity contribution in [3.63, 3.8) is 0 Å². The number of carboxylic acids is 1. The summed E-state index contributed by atoms with van der Waals surface area (Å²) in [7, 11) is 0. The van der Waals surface area contributed by atoms with Gasteiger partial charge in [0.1, 0.15) is 13.3 Å². The predicted octanol–water partition coefficient (Wildman–Crippen LogP) is 2.85. The molecule has 0 aliphatic rings. The van der Waals surface area contributed by atoms with E-state index < -0.39 is 31.0 Å². The third-order valence-electron chi connectivity index (χ3n) is 2.32. The van der Waals surface area contributed by atoms with Crippen LogP contribution in [0.1, 0.15) is 39.5 Å². The van der Waals surface area contributed by atoms with E-state index in [2.05, 4.69) is 4.74 Å². The number of alkyl halides is 3. The van der Waals surface area contributed by atoms with Gasteiger partial charge in [-0.25, -0.2) is 22.8 Å². The third-order valence-corrected chi connectivity index (χ3v) is 2.32. The number of halogens is 3. The lowest BCUT2D eigenvalue weighted by molar-refractivity contribution is -0.151. The van der Waals surface area contributed by atoms with Gasteiger partial charge in [0.05, 0.1) is 0 Å². The fourth-order valence-corrected chi connectivity index (χ4v) is 1.08. The molecule has 0 radical (unpaired) electrons. The molecule has 0 fully saturated rings. The zero-order chi connectivity index (χ0) is 15.3. The van der Waals surface area contributed by atoms with Crippen molar-refractivity contribution in [3.05, 3.63) is 0 Å². The van der Waals surface area contributed by atoms with Gasteiger partial charge in [-0.2, -0.15) is 0 Å². The first-order valence-electron chi connectivity index (χ1n) is 6.07. The van der Waals surface area contributed by atoms with Crippen molar-refractivity contribution >= 4 is 11.9 Å². The van der Waals surface area contributed by atoms with E-state index in [-0.39, 0.29) is 19.4 Å². The average Bonchev–Trinajstić information content (AvgIpc) is 2.42. The minimum Gasteiger partial charge on any atom is -0.479 e. The van der Waals surface area contributed by atoms with E-state index in [1.54, 1.807) is 6.92 Å². The normalized spacial score (nSPS) is 12.9. The first-order valence-corrected chi connectivity index (χ1v) is 6.07. The van der Waals surface area contributed by atoms with Crippen LogP contribution in [0.5, 0.6) is 0 Å². The van der Waals surface area contributed by atoms with Crippen molar-refractivity contribution < 1.29 is 32.6 Å². The van der Waals surface area contributed by atoms with Crippen LogP contribution < -0.4 is 0 Å². The molecule has 7 heteroatoms. The van der Waals surface area contributed by atoms with Crippen LogP contribution in [-0.4, -0.2) is 42.7 Å². The molecule has 1 unspecified atom stereocenters. The molecule has 0 aliphatic heterocycles. The Morgan fingerprint density at radius 3 is 2.16 bits per heavy atom. The van der Waals surface area contributed by atoms with E-state index in [0.717, 1.165) is 6.42 Å². The van der Waals surface area contributed by atoms with Gasteiger partial charge in [0.25, 0.3) is 0 Å². The van der Waals surface area contributed by atoms with Crippen LogP contribution in [0.2, 0.25) is 0 Å². The van der Waals surface area contributed by atoms with Crippen LogP contribution in [0.15, 0.2) is 0 Å². The SMILES string of the molecule is CCCCC(F)(CC)C(=O)O.O=C(CF)OCCF. The van der Waals surface area contributed by atoms with Gasteiger partial charge >= 0.3 is 11.9 Å². The minimum absolute atomic E-state index is 0.0579. The lowest BCUT2D eigenvalue weighted by Crippen LogP contribution is -2.32. The molecule has 19 heavy (non-hydrogen) atoms. The number of hydrogen-bond donors (Lipinski definition) is 1. The number of carbonyl (C=O) groups excluding carboxylic acids is 1. The van der Waals surface area contributed by atoms with E-state index >= 15 is 0 Å². The number of ether oxygens (including phenoxy) is 1. The van der Waals surface area contributed by atoms with Gasteiger partial charge in [-0.05, 0) is 19.3 Å². The molecule has 0 aromatic carbocycles. The number of rotatable bonds is 8. The van der Waals surface area contributed by atoms with Crippen molar-refractivity contribution in [2.75, 3.05) is 20.0 Å². The molecule has 114 valence electrons. The molecule has 0 amide bonds. The number of carbonyl (C=O) groups is 2. The summed E-state index contributed by atoms with van der Waals surface area (Å²) in [4.78, 5) is 20.2. The molecule has 4 nitrogen and oxygen atoms in total. The summed E-state index contributed by atoms with van der Waals surface area (Å²) in [5, 5.41) is 8.48. The molecule has 1 atom stereocenters. The zero-order valence-corrected chi connectivity index (χ0v) is 11.3. The van der Waals surface area contributed by atoms with Gasteiger partial charge in [0.15, 0.2) is 6.67 Å². The average molecular weight is 286 g/mol. The number of carboxylic acid groups (broad SMARTS) is 1. The molecule has 0 saturated heterocycles. The maximum atomic E-state index is 13.2. The summed E-state index contributed by atoms with van der Waals surface area (Å²) < 4.78 is 39.4. The first kappa shape index (κ1) is 20.1. The largest absolute Gasteiger partial charge is 0.479 e. The van der Waals surface area contributed by atoms with Crippen molar-refractivity contribution in [3.8, 4) is 0 Å². The van der Waals surface area contributed by atoms with Crippen molar-refractivity contribution in [1.29, 1.82) is 0 Å². The molecule has 0 aliphatic carbocycles. The summed E-state index contributed by atoms with van der Waals surface area (Å²) in [5.74, 6) is -2.34. The van der Waals surface area contributed by atoms with Gasteiger partial charge in [-0.1, -0.05) is 20.3 Å². The maximum absolute atomic E-state index is 13.2. The van der Waals surface area contributed by atoms with E-state index in [9.17, 15) is 22.8 Å². The predicted molar refractivity (Wildman–Crippen MR) is 64.2 cm³/mol. The Bertz CT molecular complexity index is 261. The molecule has 0 saturated carbocycles. The molecule has 0 heterocycles. The highest BCUT2D eigenvalue weighted by Gasteiger charge is 2.35. The van der Waals surface area contributed by atoms with Crippen LogP contribution in [-0.2, 0) is 14.3 Å².